The molecular formula is C13H15FN2O2. The summed E-state index contributed by atoms with van der Waals surface area (Å²) in [6.45, 7) is 3.66. The summed E-state index contributed by atoms with van der Waals surface area (Å²) in [7, 11) is 1.75. The van der Waals surface area contributed by atoms with Crippen molar-refractivity contribution in [1.82, 2.24) is 9.78 Å². The van der Waals surface area contributed by atoms with Crippen LogP contribution in [0.4, 0.5) is 4.39 Å². The van der Waals surface area contributed by atoms with Crippen LogP contribution in [0.15, 0.2) is 18.3 Å². The minimum Gasteiger partial charge on any atom is -0.466 e. The van der Waals surface area contributed by atoms with Crippen LogP contribution < -0.4 is 0 Å². The molecule has 0 bridgehead atoms. The largest absolute Gasteiger partial charge is 0.466 e. The lowest BCUT2D eigenvalue weighted by Gasteiger charge is -2.12. The predicted octanol–water partition coefficient (Wildman–Crippen LogP) is 2.38. The summed E-state index contributed by atoms with van der Waals surface area (Å²) in [6.07, 6.45) is 1.46. The number of hydrogen-bond acceptors (Lipinski definition) is 3. The van der Waals surface area contributed by atoms with Gasteiger partial charge in [-0.3, -0.25) is 9.48 Å². The molecule has 96 valence electrons. The number of hydrogen-bond donors (Lipinski definition) is 0. The second-order valence-corrected chi connectivity index (χ2v) is 4.14. The van der Waals surface area contributed by atoms with Gasteiger partial charge in [-0.15, -0.1) is 0 Å². The van der Waals surface area contributed by atoms with Crippen molar-refractivity contribution in [2.45, 2.75) is 19.8 Å². The van der Waals surface area contributed by atoms with Crippen molar-refractivity contribution in [1.29, 1.82) is 0 Å². The highest BCUT2D eigenvalue weighted by atomic mass is 19.1. The van der Waals surface area contributed by atoms with Crippen LogP contribution in [0.5, 0.6) is 0 Å². The molecule has 1 aromatic heterocycles. The topological polar surface area (TPSA) is 44.1 Å². The number of fused-ring (bicyclic) bond motifs is 1. The number of esters is 1. The summed E-state index contributed by atoms with van der Waals surface area (Å²) >= 11 is 0. The van der Waals surface area contributed by atoms with Gasteiger partial charge in [-0.25, -0.2) is 4.39 Å². The molecule has 0 spiro atoms. The summed E-state index contributed by atoms with van der Waals surface area (Å²) in [6, 6.07) is 3.37. The summed E-state index contributed by atoms with van der Waals surface area (Å²) in [5.41, 5.74) is 1.04. The zero-order chi connectivity index (χ0) is 13.3. The van der Waals surface area contributed by atoms with Gasteiger partial charge in [0.05, 0.1) is 29.6 Å². The Morgan fingerprint density at radius 3 is 2.94 bits per heavy atom. The van der Waals surface area contributed by atoms with Crippen molar-refractivity contribution in [3.05, 3.63) is 29.7 Å². The van der Waals surface area contributed by atoms with Gasteiger partial charge in [0.2, 0.25) is 0 Å². The number of aromatic nitrogens is 2. The molecule has 1 atom stereocenters. The Kier molecular flexibility index (Phi) is 3.32. The average molecular weight is 250 g/mol. The van der Waals surface area contributed by atoms with E-state index in [9.17, 15) is 9.18 Å². The van der Waals surface area contributed by atoms with Gasteiger partial charge < -0.3 is 4.74 Å². The molecule has 0 aliphatic carbocycles. The predicted molar refractivity (Wildman–Crippen MR) is 65.7 cm³/mol. The first-order chi connectivity index (χ1) is 8.56. The fourth-order valence-corrected chi connectivity index (χ4v) is 1.94. The molecule has 4 nitrogen and oxygen atoms in total. The van der Waals surface area contributed by atoms with Gasteiger partial charge >= 0.3 is 5.97 Å². The number of benzene rings is 1. The molecule has 0 radical (unpaired) electrons. The van der Waals surface area contributed by atoms with E-state index in [2.05, 4.69) is 5.10 Å². The average Bonchev–Trinajstić information content (AvgIpc) is 2.72. The molecule has 1 unspecified atom stereocenters. The second-order valence-electron chi connectivity index (χ2n) is 4.14. The van der Waals surface area contributed by atoms with E-state index >= 15 is 0 Å². The molecule has 0 amide bonds. The first-order valence-corrected chi connectivity index (χ1v) is 5.83. The standard InChI is InChI=1S/C13H15FN2O2/c1-4-18-13(17)8(2)9-5-6-11-10(12(9)14)7-15-16(11)3/h5-8H,4H2,1-3H3. The first kappa shape index (κ1) is 12.5. The van der Waals surface area contributed by atoms with Crippen LogP contribution in [0.2, 0.25) is 0 Å². The molecule has 2 rings (SSSR count). The van der Waals surface area contributed by atoms with Gasteiger partial charge in [0.15, 0.2) is 0 Å². The van der Waals surface area contributed by atoms with E-state index in [1.165, 1.54) is 6.20 Å². The molecule has 18 heavy (non-hydrogen) atoms. The monoisotopic (exact) mass is 250 g/mol. The van der Waals surface area contributed by atoms with E-state index in [4.69, 9.17) is 4.74 Å². The van der Waals surface area contributed by atoms with Crippen LogP contribution in [-0.2, 0) is 16.6 Å². The van der Waals surface area contributed by atoms with Crippen LogP contribution in [0.3, 0.4) is 0 Å². The molecular weight excluding hydrogens is 235 g/mol. The fraction of sp³-hybridized carbons (Fsp3) is 0.385. The van der Waals surface area contributed by atoms with Gasteiger partial charge in [-0.1, -0.05) is 6.07 Å². The van der Waals surface area contributed by atoms with E-state index in [0.717, 1.165) is 0 Å². The highest BCUT2D eigenvalue weighted by Gasteiger charge is 2.22. The molecule has 5 heteroatoms. The highest BCUT2D eigenvalue weighted by Crippen LogP contribution is 2.26. The van der Waals surface area contributed by atoms with E-state index in [1.807, 2.05) is 0 Å². The van der Waals surface area contributed by atoms with Crippen molar-refractivity contribution in [2.75, 3.05) is 6.61 Å². The summed E-state index contributed by atoms with van der Waals surface area (Å²) in [5.74, 6) is -1.43. The Bertz CT molecular complexity index is 592. The molecule has 0 saturated carbocycles. The number of aryl methyl sites for hydroxylation is 1. The first-order valence-electron chi connectivity index (χ1n) is 5.83. The Labute approximate surface area is 104 Å². The van der Waals surface area contributed by atoms with Crippen molar-refractivity contribution in [2.24, 2.45) is 7.05 Å². The van der Waals surface area contributed by atoms with Crippen molar-refractivity contribution in [3.63, 3.8) is 0 Å². The van der Waals surface area contributed by atoms with Crippen molar-refractivity contribution < 1.29 is 13.9 Å². The van der Waals surface area contributed by atoms with Gasteiger partial charge in [0.25, 0.3) is 0 Å². The van der Waals surface area contributed by atoms with Crippen LogP contribution in [0, 0.1) is 5.82 Å². The van der Waals surface area contributed by atoms with E-state index < -0.39 is 17.7 Å². The van der Waals surface area contributed by atoms with Crippen LogP contribution in [0.1, 0.15) is 25.3 Å². The lowest BCUT2D eigenvalue weighted by atomic mass is 9.99. The molecule has 0 fully saturated rings. The molecule has 0 saturated heterocycles. The number of carbonyl (C=O) groups excluding carboxylic acids is 1. The van der Waals surface area contributed by atoms with E-state index in [0.29, 0.717) is 23.1 Å². The Hall–Kier alpha value is -1.91. The minimum atomic E-state index is -0.616. The van der Waals surface area contributed by atoms with Crippen molar-refractivity contribution in [3.8, 4) is 0 Å². The van der Waals surface area contributed by atoms with Crippen molar-refractivity contribution >= 4 is 16.9 Å². The van der Waals surface area contributed by atoms with Crippen LogP contribution >= 0.6 is 0 Å². The molecule has 0 aliphatic rings. The third kappa shape index (κ3) is 1.96. The Morgan fingerprint density at radius 1 is 1.56 bits per heavy atom. The number of ether oxygens (including phenoxy) is 1. The van der Waals surface area contributed by atoms with Crippen LogP contribution in [0.25, 0.3) is 10.9 Å². The van der Waals surface area contributed by atoms with E-state index in [-0.39, 0.29) is 0 Å². The fourth-order valence-electron chi connectivity index (χ4n) is 1.94. The smallest absolute Gasteiger partial charge is 0.313 e. The molecule has 1 aromatic carbocycles. The number of halogens is 1. The lowest BCUT2D eigenvalue weighted by molar-refractivity contribution is -0.144. The quantitative estimate of drug-likeness (QED) is 0.785. The molecule has 0 N–H and O–H groups in total. The minimum absolute atomic E-state index is 0.292. The molecule has 2 aromatic rings. The van der Waals surface area contributed by atoms with Gasteiger partial charge in [-0.05, 0) is 19.9 Å². The maximum absolute atomic E-state index is 14.3. The third-order valence-corrected chi connectivity index (χ3v) is 3.00. The maximum Gasteiger partial charge on any atom is 0.313 e. The molecule has 1 heterocycles. The number of rotatable bonds is 3. The summed E-state index contributed by atoms with van der Waals surface area (Å²) in [5, 5.41) is 4.42. The maximum atomic E-state index is 14.3. The number of carbonyl (C=O) groups is 1. The molecule has 0 aliphatic heterocycles. The third-order valence-electron chi connectivity index (χ3n) is 3.00. The van der Waals surface area contributed by atoms with Gasteiger partial charge in [-0.2, -0.15) is 5.10 Å². The summed E-state index contributed by atoms with van der Waals surface area (Å²) < 4.78 is 20.8. The van der Waals surface area contributed by atoms with E-state index in [1.54, 1.807) is 37.7 Å². The second kappa shape index (κ2) is 4.76. The SMILES string of the molecule is CCOC(=O)C(C)c1ccc2c(cnn2C)c1F. The van der Waals surface area contributed by atoms with Crippen LogP contribution in [-0.4, -0.2) is 22.4 Å². The Balaban J connectivity index is 2.46. The Morgan fingerprint density at radius 2 is 2.28 bits per heavy atom. The summed E-state index contributed by atoms with van der Waals surface area (Å²) in [4.78, 5) is 11.6. The normalized spacial score (nSPS) is 12.7. The lowest BCUT2D eigenvalue weighted by Crippen LogP contribution is -2.14. The van der Waals surface area contributed by atoms with Gasteiger partial charge in [0.1, 0.15) is 5.82 Å². The zero-order valence-corrected chi connectivity index (χ0v) is 10.6. The highest BCUT2D eigenvalue weighted by molar-refractivity contribution is 5.84. The zero-order valence-electron chi connectivity index (χ0n) is 10.6. The number of nitrogens with zero attached hydrogens (tertiary/aromatic N) is 2. The van der Waals surface area contributed by atoms with Gasteiger partial charge in [0, 0.05) is 12.6 Å².